The van der Waals surface area contributed by atoms with Gasteiger partial charge in [0.25, 0.3) is 0 Å². The lowest BCUT2D eigenvalue weighted by Gasteiger charge is -2.36. The average molecular weight is 544 g/mol. The number of aliphatic imine (C=N–C) groups is 1. The van der Waals surface area contributed by atoms with E-state index in [4.69, 9.17) is 14.2 Å². The maximum atomic E-state index is 5.47. The molecule has 1 N–H and O–H groups in total. The van der Waals surface area contributed by atoms with Crippen LogP contribution >= 0.6 is 24.0 Å². The largest absolute Gasteiger partial charge is 0.493 e. The first-order valence-corrected chi connectivity index (χ1v) is 10.0. The molecule has 31 heavy (non-hydrogen) atoms. The summed E-state index contributed by atoms with van der Waals surface area (Å²) < 4.78 is 18.2. The Morgan fingerprint density at radius 3 is 2.16 bits per heavy atom. The first kappa shape index (κ1) is 25.1. The van der Waals surface area contributed by atoms with E-state index in [1.54, 1.807) is 21.3 Å². The van der Waals surface area contributed by atoms with Gasteiger partial charge in [0, 0.05) is 65.1 Å². The highest BCUT2D eigenvalue weighted by Gasteiger charge is 2.21. The van der Waals surface area contributed by atoms with E-state index in [1.807, 2.05) is 43.3 Å². The Bertz CT molecular complexity index is 840. The molecule has 0 spiro atoms. The van der Waals surface area contributed by atoms with Crippen LogP contribution < -0.4 is 19.5 Å². The van der Waals surface area contributed by atoms with Crippen LogP contribution in [0.1, 0.15) is 11.1 Å². The fourth-order valence-electron chi connectivity index (χ4n) is 3.68. The molecule has 1 fully saturated rings. The molecule has 1 saturated heterocycles. The van der Waals surface area contributed by atoms with Gasteiger partial charge in [-0.3, -0.25) is 14.6 Å². The van der Waals surface area contributed by atoms with Crippen molar-refractivity contribution in [2.75, 3.05) is 54.6 Å². The summed E-state index contributed by atoms with van der Waals surface area (Å²) in [6.07, 6.45) is 3.88. The minimum absolute atomic E-state index is 0. The number of guanidine groups is 1. The van der Waals surface area contributed by atoms with Crippen molar-refractivity contribution in [2.24, 2.45) is 12.0 Å². The lowest BCUT2D eigenvalue weighted by molar-refractivity contribution is 0.172. The molecule has 0 amide bonds. The lowest BCUT2D eigenvalue weighted by Crippen LogP contribution is -2.52. The topological polar surface area (TPSA) is 76.4 Å². The van der Waals surface area contributed by atoms with Crippen LogP contribution in [-0.2, 0) is 20.1 Å². The number of hydrogen-bond acceptors (Lipinski definition) is 6. The van der Waals surface area contributed by atoms with Gasteiger partial charge in [-0.15, -0.1) is 24.0 Å². The Morgan fingerprint density at radius 2 is 1.68 bits per heavy atom. The van der Waals surface area contributed by atoms with E-state index in [0.717, 1.165) is 49.8 Å². The van der Waals surface area contributed by atoms with Crippen LogP contribution in [0.25, 0.3) is 0 Å². The van der Waals surface area contributed by atoms with E-state index < -0.39 is 0 Å². The second-order valence-electron chi connectivity index (χ2n) is 7.22. The lowest BCUT2D eigenvalue weighted by atomic mass is 10.1. The smallest absolute Gasteiger partial charge is 0.203 e. The Morgan fingerprint density at radius 1 is 1.03 bits per heavy atom. The highest BCUT2D eigenvalue weighted by atomic mass is 127. The summed E-state index contributed by atoms with van der Waals surface area (Å²) in [7, 11) is 8.65. The number of methoxy groups -OCH3 is 3. The van der Waals surface area contributed by atoms with Crippen LogP contribution in [0.4, 0.5) is 0 Å². The molecule has 9 nitrogen and oxygen atoms in total. The molecular formula is C21H33IN6O3. The summed E-state index contributed by atoms with van der Waals surface area (Å²) in [5, 5.41) is 7.64. The Kier molecular flexibility index (Phi) is 9.69. The zero-order chi connectivity index (χ0) is 21.5. The standard InChI is InChI=1S/C21H32N6O3.HI/c1-22-21(23-12-17-13-24-25(2)14-17)27-8-6-26(7-9-27)15-16-10-18(28-3)20(30-5)19(11-16)29-4;/h10-11,13-14H,6-9,12,15H2,1-5H3,(H,22,23);1H. The molecule has 0 saturated carbocycles. The van der Waals surface area contributed by atoms with Gasteiger partial charge in [-0.25, -0.2) is 0 Å². The van der Waals surface area contributed by atoms with Crippen LogP contribution in [0.5, 0.6) is 17.2 Å². The van der Waals surface area contributed by atoms with Gasteiger partial charge in [0.1, 0.15) is 0 Å². The third-order valence-corrected chi connectivity index (χ3v) is 5.22. The van der Waals surface area contributed by atoms with E-state index in [2.05, 4.69) is 25.2 Å². The molecule has 2 aromatic rings. The van der Waals surface area contributed by atoms with Gasteiger partial charge < -0.3 is 24.4 Å². The van der Waals surface area contributed by atoms with Gasteiger partial charge >= 0.3 is 0 Å². The number of hydrogen-bond donors (Lipinski definition) is 1. The van der Waals surface area contributed by atoms with Crippen molar-refractivity contribution in [3.63, 3.8) is 0 Å². The minimum atomic E-state index is 0. The molecule has 1 aromatic carbocycles. The number of aryl methyl sites for hydroxylation is 1. The molecule has 1 aliphatic heterocycles. The molecule has 0 unspecified atom stereocenters. The fourth-order valence-corrected chi connectivity index (χ4v) is 3.68. The van der Waals surface area contributed by atoms with Gasteiger partial charge in [-0.2, -0.15) is 5.10 Å². The molecule has 2 heterocycles. The number of nitrogens with one attached hydrogen (secondary N) is 1. The van der Waals surface area contributed by atoms with Crippen LogP contribution in [0.15, 0.2) is 29.5 Å². The summed E-state index contributed by atoms with van der Waals surface area (Å²) in [5.74, 6) is 2.92. The zero-order valence-corrected chi connectivity index (χ0v) is 21.3. The van der Waals surface area contributed by atoms with Crippen molar-refractivity contribution in [3.8, 4) is 17.2 Å². The number of ether oxygens (including phenoxy) is 3. The molecule has 172 valence electrons. The molecule has 3 rings (SSSR count). The van der Waals surface area contributed by atoms with Crippen molar-refractivity contribution in [2.45, 2.75) is 13.1 Å². The Balaban J connectivity index is 0.00000341. The first-order chi connectivity index (χ1) is 14.6. The maximum Gasteiger partial charge on any atom is 0.203 e. The average Bonchev–Trinajstić information content (AvgIpc) is 3.19. The van der Waals surface area contributed by atoms with Gasteiger partial charge in [0.05, 0.1) is 27.5 Å². The quantitative estimate of drug-likeness (QED) is 0.325. The summed E-state index contributed by atoms with van der Waals surface area (Å²) in [6, 6.07) is 4.03. The minimum Gasteiger partial charge on any atom is -0.493 e. The van der Waals surface area contributed by atoms with Crippen molar-refractivity contribution in [1.29, 1.82) is 0 Å². The number of piperazine rings is 1. The van der Waals surface area contributed by atoms with Crippen molar-refractivity contribution in [3.05, 3.63) is 35.7 Å². The number of rotatable bonds is 7. The molecule has 10 heteroatoms. The molecule has 0 atom stereocenters. The van der Waals surface area contributed by atoms with Crippen LogP contribution in [0.2, 0.25) is 0 Å². The predicted octanol–water partition coefficient (Wildman–Crippen LogP) is 1.96. The van der Waals surface area contributed by atoms with E-state index in [1.165, 1.54) is 0 Å². The highest BCUT2D eigenvalue weighted by molar-refractivity contribution is 14.0. The van der Waals surface area contributed by atoms with E-state index in [0.29, 0.717) is 23.8 Å². The number of aromatic nitrogens is 2. The molecule has 1 aliphatic rings. The van der Waals surface area contributed by atoms with Crippen LogP contribution in [-0.4, -0.2) is 80.1 Å². The summed E-state index contributed by atoms with van der Waals surface area (Å²) in [5.41, 5.74) is 2.27. The van der Waals surface area contributed by atoms with Crippen molar-refractivity contribution in [1.82, 2.24) is 24.9 Å². The van der Waals surface area contributed by atoms with Crippen LogP contribution in [0.3, 0.4) is 0 Å². The van der Waals surface area contributed by atoms with E-state index >= 15 is 0 Å². The van der Waals surface area contributed by atoms with Gasteiger partial charge in [0.15, 0.2) is 17.5 Å². The first-order valence-electron chi connectivity index (χ1n) is 10.0. The molecule has 0 bridgehead atoms. The highest BCUT2D eigenvalue weighted by Crippen LogP contribution is 2.38. The Labute approximate surface area is 201 Å². The van der Waals surface area contributed by atoms with E-state index in [-0.39, 0.29) is 24.0 Å². The summed E-state index contributed by atoms with van der Waals surface area (Å²) in [6.45, 7) is 5.27. The molecular weight excluding hydrogens is 511 g/mol. The summed E-state index contributed by atoms with van der Waals surface area (Å²) in [4.78, 5) is 9.16. The Hall–Kier alpha value is -2.21. The predicted molar refractivity (Wildman–Crippen MR) is 132 cm³/mol. The number of halogens is 1. The molecule has 1 aromatic heterocycles. The maximum absolute atomic E-state index is 5.47. The second kappa shape index (κ2) is 12.0. The fraction of sp³-hybridized carbons (Fsp3) is 0.524. The SMILES string of the molecule is CN=C(NCc1cnn(C)c1)N1CCN(Cc2cc(OC)c(OC)c(OC)c2)CC1.I. The monoisotopic (exact) mass is 544 g/mol. The number of benzene rings is 1. The van der Waals surface area contributed by atoms with Gasteiger partial charge in [-0.05, 0) is 17.7 Å². The normalized spacial score (nSPS) is 14.7. The second-order valence-corrected chi connectivity index (χ2v) is 7.22. The third-order valence-electron chi connectivity index (χ3n) is 5.22. The summed E-state index contributed by atoms with van der Waals surface area (Å²) >= 11 is 0. The molecule has 0 aliphatic carbocycles. The zero-order valence-electron chi connectivity index (χ0n) is 18.9. The number of nitrogens with zero attached hydrogens (tertiary/aromatic N) is 5. The third kappa shape index (κ3) is 6.39. The van der Waals surface area contributed by atoms with Crippen LogP contribution in [0, 0.1) is 0 Å². The molecule has 0 radical (unpaired) electrons. The van der Waals surface area contributed by atoms with Gasteiger partial charge in [0.2, 0.25) is 5.75 Å². The van der Waals surface area contributed by atoms with Crippen molar-refractivity contribution >= 4 is 29.9 Å². The van der Waals surface area contributed by atoms with Gasteiger partial charge in [-0.1, -0.05) is 0 Å². The van der Waals surface area contributed by atoms with Crippen molar-refractivity contribution < 1.29 is 14.2 Å². The van der Waals surface area contributed by atoms with E-state index in [9.17, 15) is 0 Å².